The van der Waals surface area contributed by atoms with E-state index < -0.39 is 5.60 Å². The fraction of sp³-hybridized carbons (Fsp3) is 0.333. The number of ether oxygens (including phenoxy) is 1. The molecule has 230 valence electrons. The van der Waals surface area contributed by atoms with Gasteiger partial charge in [-0.25, -0.2) is 19.7 Å². The number of hydrogen-bond donors (Lipinski definition) is 1. The van der Waals surface area contributed by atoms with Crippen LogP contribution in [0.5, 0.6) is 0 Å². The van der Waals surface area contributed by atoms with Gasteiger partial charge < -0.3 is 15.4 Å². The van der Waals surface area contributed by atoms with Crippen LogP contribution in [-0.2, 0) is 11.3 Å². The number of anilines is 1. The molecular formula is C36H39N7O2. The van der Waals surface area contributed by atoms with Gasteiger partial charge in [0.2, 0.25) is 0 Å². The SMILES string of the molecule is CC(C)(C)OC(=O)N1CCC2(CC1)CN(Cc1ccc(-n3c(-c4cccnc4N)nc4ccc(-c5ccccc5)nc43)cc1)C2. The first-order valence-corrected chi connectivity index (χ1v) is 15.6. The number of amides is 1. The van der Waals surface area contributed by atoms with Crippen LogP contribution in [0.3, 0.4) is 0 Å². The Morgan fingerprint density at radius 1 is 0.911 bits per heavy atom. The Kier molecular flexibility index (Phi) is 7.28. The molecule has 2 aromatic carbocycles. The van der Waals surface area contributed by atoms with Crippen LogP contribution in [0.1, 0.15) is 39.2 Å². The van der Waals surface area contributed by atoms with Crippen molar-refractivity contribution in [2.45, 2.75) is 45.8 Å². The Morgan fingerprint density at radius 2 is 1.64 bits per heavy atom. The molecule has 0 aliphatic carbocycles. The first-order valence-electron chi connectivity index (χ1n) is 15.6. The average molecular weight is 602 g/mol. The highest BCUT2D eigenvalue weighted by molar-refractivity contribution is 5.84. The summed E-state index contributed by atoms with van der Waals surface area (Å²) in [7, 11) is 0. The zero-order chi connectivity index (χ0) is 31.2. The van der Waals surface area contributed by atoms with Crippen LogP contribution >= 0.6 is 0 Å². The average Bonchev–Trinajstić information content (AvgIpc) is 3.39. The summed E-state index contributed by atoms with van der Waals surface area (Å²) < 4.78 is 7.66. The molecule has 45 heavy (non-hydrogen) atoms. The van der Waals surface area contributed by atoms with Gasteiger partial charge in [-0.3, -0.25) is 9.47 Å². The second-order valence-corrected chi connectivity index (χ2v) is 13.4. The lowest BCUT2D eigenvalue weighted by Gasteiger charge is -2.54. The lowest BCUT2D eigenvalue weighted by Crippen LogP contribution is -2.60. The van der Waals surface area contributed by atoms with E-state index in [9.17, 15) is 4.79 Å². The lowest BCUT2D eigenvalue weighted by atomic mass is 9.72. The van der Waals surface area contributed by atoms with Crippen LogP contribution in [0.25, 0.3) is 39.5 Å². The van der Waals surface area contributed by atoms with Gasteiger partial charge in [-0.15, -0.1) is 0 Å². The molecule has 0 radical (unpaired) electrons. The molecular weight excluding hydrogens is 562 g/mol. The van der Waals surface area contributed by atoms with Gasteiger partial charge in [-0.05, 0) is 81.0 Å². The summed E-state index contributed by atoms with van der Waals surface area (Å²) >= 11 is 0. The number of nitrogens with zero attached hydrogens (tertiary/aromatic N) is 6. The fourth-order valence-corrected chi connectivity index (χ4v) is 6.59. The Hall–Kier alpha value is -4.76. The minimum atomic E-state index is -0.463. The van der Waals surface area contributed by atoms with Crippen LogP contribution < -0.4 is 5.73 Å². The van der Waals surface area contributed by atoms with Crippen LogP contribution in [0.15, 0.2) is 85.1 Å². The van der Waals surface area contributed by atoms with Crippen LogP contribution in [0.2, 0.25) is 0 Å². The molecule has 2 fully saturated rings. The Balaban J connectivity index is 1.09. The normalized spacial score (nSPS) is 16.6. The van der Waals surface area contributed by atoms with Crippen LogP contribution in [-0.4, -0.2) is 67.2 Å². The van der Waals surface area contributed by atoms with Crippen molar-refractivity contribution in [3.63, 3.8) is 0 Å². The second kappa shape index (κ2) is 11.3. The number of hydrogen-bond acceptors (Lipinski definition) is 7. The molecule has 5 heterocycles. The van der Waals surface area contributed by atoms with Gasteiger partial charge in [0.1, 0.15) is 16.9 Å². The standard InChI is InChI=1S/C36H39N7O2/c1-35(2,3)45-34(44)42-20-17-36(18-21-42)23-41(24-36)22-25-11-13-27(14-12-25)43-32(28-10-7-19-38-31(28)37)40-30-16-15-29(39-33(30)43)26-8-5-4-6-9-26/h4-16,19H,17-18,20-24H2,1-3H3,(H2,37,38). The molecule has 0 atom stereocenters. The van der Waals surface area contributed by atoms with E-state index in [4.69, 9.17) is 20.4 Å². The van der Waals surface area contributed by atoms with E-state index in [0.29, 0.717) is 17.1 Å². The Labute approximate surface area is 263 Å². The van der Waals surface area contributed by atoms with Crippen molar-refractivity contribution in [3.8, 4) is 28.3 Å². The predicted molar refractivity (Wildman–Crippen MR) is 177 cm³/mol. The van der Waals surface area contributed by atoms with Gasteiger partial charge in [-0.1, -0.05) is 42.5 Å². The molecule has 9 nitrogen and oxygen atoms in total. The number of benzene rings is 2. The largest absolute Gasteiger partial charge is 0.444 e. The molecule has 2 aliphatic rings. The van der Waals surface area contributed by atoms with Crippen molar-refractivity contribution in [2.75, 3.05) is 31.9 Å². The van der Waals surface area contributed by atoms with Gasteiger partial charge in [-0.2, -0.15) is 0 Å². The van der Waals surface area contributed by atoms with E-state index in [-0.39, 0.29) is 6.09 Å². The summed E-state index contributed by atoms with van der Waals surface area (Å²) in [4.78, 5) is 31.2. The molecule has 0 bridgehead atoms. The molecule has 5 aromatic rings. The highest BCUT2D eigenvalue weighted by atomic mass is 16.6. The van der Waals surface area contributed by atoms with E-state index in [1.807, 2.05) is 68.1 Å². The molecule has 9 heteroatoms. The third kappa shape index (κ3) is 5.88. The zero-order valence-electron chi connectivity index (χ0n) is 26.1. The maximum Gasteiger partial charge on any atom is 0.410 e. The number of carbonyl (C=O) groups is 1. The van der Waals surface area contributed by atoms with E-state index in [2.05, 4.69) is 50.8 Å². The fourth-order valence-electron chi connectivity index (χ4n) is 6.59. The van der Waals surface area contributed by atoms with Crippen molar-refractivity contribution in [1.29, 1.82) is 0 Å². The highest BCUT2D eigenvalue weighted by Crippen LogP contribution is 2.41. The number of rotatable bonds is 5. The zero-order valence-corrected chi connectivity index (χ0v) is 26.1. The van der Waals surface area contributed by atoms with Gasteiger partial charge in [0.05, 0.1) is 11.3 Å². The summed E-state index contributed by atoms with van der Waals surface area (Å²) in [6.45, 7) is 10.3. The monoisotopic (exact) mass is 601 g/mol. The number of aromatic nitrogens is 4. The third-order valence-electron chi connectivity index (χ3n) is 8.85. The number of pyridine rings is 2. The predicted octanol–water partition coefficient (Wildman–Crippen LogP) is 6.56. The summed E-state index contributed by atoms with van der Waals surface area (Å²) in [6, 6.07) is 26.7. The first-order chi connectivity index (χ1) is 21.7. The summed E-state index contributed by atoms with van der Waals surface area (Å²) in [5.74, 6) is 1.14. The number of piperidine rings is 1. The number of likely N-dealkylation sites (tertiary alicyclic amines) is 2. The number of nitrogens with two attached hydrogens (primary N) is 1. The minimum absolute atomic E-state index is 0.194. The van der Waals surface area contributed by atoms with Crippen molar-refractivity contribution in [1.82, 2.24) is 29.3 Å². The smallest absolute Gasteiger partial charge is 0.410 e. The van der Waals surface area contributed by atoms with Crippen molar-refractivity contribution in [3.05, 3.63) is 90.6 Å². The molecule has 0 unspecified atom stereocenters. The van der Waals surface area contributed by atoms with E-state index in [1.54, 1.807) is 6.20 Å². The number of imidazole rings is 1. The molecule has 0 saturated carbocycles. The molecule has 2 aliphatic heterocycles. The quantitative estimate of drug-likeness (QED) is 0.243. The van der Waals surface area contributed by atoms with Crippen molar-refractivity contribution >= 4 is 23.1 Å². The van der Waals surface area contributed by atoms with Crippen molar-refractivity contribution < 1.29 is 9.53 Å². The third-order valence-corrected chi connectivity index (χ3v) is 8.85. The van der Waals surface area contributed by atoms with Crippen LogP contribution in [0.4, 0.5) is 10.6 Å². The highest BCUT2D eigenvalue weighted by Gasteiger charge is 2.45. The van der Waals surface area contributed by atoms with Gasteiger partial charge in [0.15, 0.2) is 11.5 Å². The van der Waals surface area contributed by atoms with Gasteiger partial charge >= 0.3 is 6.09 Å². The lowest BCUT2D eigenvalue weighted by molar-refractivity contribution is -0.0550. The van der Waals surface area contributed by atoms with Crippen molar-refractivity contribution in [2.24, 2.45) is 5.41 Å². The minimum Gasteiger partial charge on any atom is -0.444 e. The van der Waals surface area contributed by atoms with Gasteiger partial charge in [0.25, 0.3) is 0 Å². The molecule has 1 amide bonds. The first kappa shape index (κ1) is 29.0. The summed E-state index contributed by atoms with van der Waals surface area (Å²) in [6.07, 6.45) is 3.54. The van der Waals surface area contributed by atoms with E-state index >= 15 is 0 Å². The van der Waals surface area contributed by atoms with Crippen LogP contribution in [0, 0.1) is 5.41 Å². The molecule has 7 rings (SSSR count). The summed E-state index contributed by atoms with van der Waals surface area (Å²) in [5, 5.41) is 0. The Morgan fingerprint density at radius 3 is 2.33 bits per heavy atom. The summed E-state index contributed by atoms with van der Waals surface area (Å²) in [5.41, 5.74) is 12.7. The topological polar surface area (TPSA) is 102 Å². The second-order valence-electron chi connectivity index (χ2n) is 13.4. The molecule has 2 saturated heterocycles. The maximum absolute atomic E-state index is 12.5. The maximum atomic E-state index is 12.5. The number of fused-ring (bicyclic) bond motifs is 1. The molecule has 1 spiro atoms. The Bertz CT molecular complexity index is 1830. The van der Waals surface area contributed by atoms with Gasteiger partial charge in [0, 0.05) is 50.2 Å². The van der Waals surface area contributed by atoms with E-state index in [0.717, 1.165) is 79.2 Å². The number of carbonyl (C=O) groups excluding carboxylic acids is 1. The number of nitrogen functional groups attached to an aromatic ring is 1. The van der Waals surface area contributed by atoms with E-state index in [1.165, 1.54) is 5.56 Å². The molecule has 2 N–H and O–H groups in total. The molecule has 3 aromatic heterocycles.